The average molecular weight is 345 g/mol. The maximum absolute atomic E-state index is 6.30. The van der Waals surface area contributed by atoms with Gasteiger partial charge in [0.15, 0.2) is 0 Å². The molecule has 0 fully saturated rings. The van der Waals surface area contributed by atoms with E-state index in [2.05, 4.69) is 37.3 Å². The second-order valence-corrected chi connectivity index (χ2v) is 11.2. The first kappa shape index (κ1) is 19.1. The lowest BCUT2D eigenvalue weighted by molar-refractivity contribution is 0.555. The maximum Gasteiger partial charge on any atom is 0.240 e. The van der Waals surface area contributed by atoms with Crippen LogP contribution < -0.4 is 0 Å². The summed E-state index contributed by atoms with van der Waals surface area (Å²) >= 11 is 12.6. The Balaban J connectivity index is 2.14. The monoisotopic (exact) mass is 344 g/mol. The lowest BCUT2D eigenvalue weighted by atomic mass is 10.0. The van der Waals surface area contributed by atoms with E-state index in [4.69, 9.17) is 22.2 Å². The fourth-order valence-corrected chi connectivity index (χ4v) is 5.00. The van der Waals surface area contributed by atoms with E-state index >= 15 is 0 Å². The number of unbranched alkanes of at least 4 members (excludes halogenated alkanes) is 7. The molecule has 0 aliphatic heterocycles. The fraction of sp³-hybridized carbons (Fsp3) is 0.667. The van der Waals surface area contributed by atoms with Crippen molar-refractivity contribution in [1.29, 1.82) is 0 Å². The Kier molecular flexibility index (Phi) is 11.4. The summed E-state index contributed by atoms with van der Waals surface area (Å²) in [5.41, 5.74) is 1.90. The zero-order valence-electron chi connectivity index (χ0n) is 13.4. The standard InChI is InChI=1S/C18H30Cl2Si/c1-2-3-4-5-6-7-8-12-15-18(21(19)20)16-17-13-10-9-11-14-17/h9-11,13-14,18,21H,2-8,12,15-16H2,1H3. The molecule has 3 heteroatoms. The van der Waals surface area contributed by atoms with E-state index in [1.54, 1.807) is 0 Å². The highest BCUT2D eigenvalue weighted by Crippen LogP contribution is 2.28. The van der Waals surface area contributed by atoms with Gasteiger partial charge in [0.1, 0.15) is 0 Å². The van der Waals surface area contributed by atoms with Gasteiger partial charge in [0.25, 0.3) is 0 Å². The Morgan fingerprint density at radius 1 is 0.857 bits per heavy atom. The average Bonchev–Trinajstić information content (AvgIpc) is 2.49. The normalized spacial score (nSPS) is 12.8. The van der Waals surface area contributed by atoms with Gasteiger partial charge < -0.3 is 0 Å². The van der Waals surface area contributed by atoms with Gasteiger partial charge >= 0.3 is 0 Å². The minimum Gasteiger partial charge on any atom is -0.150 e. The predicted octanol–water partition coefficient (Wildman–Crippen LogP) is 6.83. The van der Waals surface area contributed by atoms with Crippen LogP contribution in [-0.2, 0) is 6.42 Å². The summed E-state index contributed by atoms with van der Waals surface area (Å²) in [5, 5.41) is 0. The van der Waals surface area contributed by atoms with Gasteiger partial charge in [-0.2, -0.15) is 22.2 Å². The molecule has 21 heavy (non-hydrogen) atoms. The van der Waals surface area contributed by atoms with Gasteiger partial charge in [-0.3, -0.25) is 0 Å². The third-order valence-electron chi connectivity index (χ3n) is 4.13. The van der Waals surface area contributed by atoms with Gasteiger partial charge in [-0.25, -0.2) is 0 Å². The second-order valence-electron chi connectivity index (χ2n) is 6.05. The first-order chi connectivity index (χ1) is 10.2. The summed E-state index contributed by atoms with van der Waals surface area (Å²) in [4.78, 5) is 0. The maximum atomic E-state index is 6.30. The van der Waals surface area contributed by atoms with Crippen LogP contribution in [0.2, 0.25) is 5.54 Å². The molecule has 0 saturated carbocycles. The Hall–Kier alpha value is 0.0169. The predicted molar refractivity (Wildman–Crippen MR) is 100.0 cm³/mol. The summed E-state index contributed by atoms with van der Waals surface area (Å²) in [6.45, 7) is 2.27. The van der Waals surface area contributed by atoms with Crippen LogP contribution in [0, 0.1) is 0 Å². The minimum atomic E-state index is -1.59. The Morgan fingerprint density at radius 2 is 1.43 bits per heavy atom. The van der Waals surface area contributed by atoms with Crippen molar-refractivity contribution in [3.05, 3.63) is 35.9 Å². The molecule has 1 rings (SSSR count). The van der Waals surface area contributed by atoms with Gasteiger partial charge in [0.2, 0.25) is 7.42 Å². The highest BCUT2D eigenvalue weighted by atomic mass is 35.7. The van der Waals surface area contributed by atoms with E-state index in [-0.39, 0.29) is 0 Å². The number of hydrogen-bond donors (Lipinski definition) is 0. The van der Waals surface area contributed by atoms with Crippen molar-refractivity contribution in [1.82, 2.24) is 0 Å². The molecule has 0 bridgehead atoms. The van der Waals surface area contributed by atoms with Crippen LogP contribution in [-0.4, -0.2) is 7.42 Å². The van der Waals surface area contributed by atoms with Crippen LogP contribution in [0.3, 0.4) is 0 Å². The molecule has 0 saturated heterocycles. The molecular weight excluding hydrogens is 315 g/mol. The topological polar surface area (TPSA) is 0 Å². The SMILES string of the molecule is CCCCCCCCCCC(Cc1ccccc1)[SiH](Cl)Cl. The smallest absolute Gasteiger partial charge is 0.150 e. The minimum absolute atomic E-state index is 0.524. The first-order valence-electron chi connectivity index (χ1n) is 8.56. The second kappa shape index (κ2) is 12.5. The molecule has 0 N–H and O–H groups in total. The van der Waals surface area contributed by atoms with Gasteiger partial charge in [0.05, 0.1) is 0 Å². The fourth-order valence-electron chi connectivity index (χ4n) is 2.77. The van der Waals surface area contributed by atoms with Crippen LogP contribution in [0.4, 0.5) is 0 Å². The van der Waals surface area contributed by atoms with Crippen molar-refractivity contribution in [3.8, 4) is 0 Å². The largest absolute Gasteiger partial charge is 0.240 e. The quantitative estimate of drug-likeness (QED) is 0.221. The number of benzene rings is 1. The summed E-state index contributed by atoms with van der Waals surface area (Å²) in [6, 6.07) is 10.6. The van der Waals surface area contributed by atoms with Crippen molar-refractivity contribution in [2.24, 2.45) is 0 Å². The molecule has 1 aromatic rings. The molecule has 1 atom stereocenters. The summed E-state index contributed by atoms with van der Waals surface area (Å²) in [7, 11) is -1.59. The zero-order valence-corrected chi connectivity index (χ0v) is 16.0. The molecular formula is C18H30Cl2Si. The molecule has 0 amide bonds. The van der Waals surface area contributed by atoms with E-state index in [9.17, 15) is 0 Å². The number of halogens is 2. The van der Waals surface area contributed by atoms with E-state index in [1.807, 2.05) is 0 Å². The van der Waals surface area contributed by atoms with E-state index in [0.717, 1.165) is 6.42 Å². The summed E-state index contributed by atoms with van der Waals surface area (Å²) in [6.07, 6.45) is 13.2. The van der Waals surface area contributed by atoms with Crippen LogP contribution >= 0.6 is 22.2 Å². The third-order valence-corrected chi connectivity index (χ3v) is 7.55. The lowest BCUT2D eigenvalue weighted by Crippen LogP contribution is -2.10. The molecule has 0 aliphatic rings. The number of hydrogen-bond acceptors (Lipinski definition) is 0. The molecule has 1 aromatic carbocycles. The van der Waals surface area contributed by atoms with Crippen molar-refractivity contribution in [3.63, 3.8) is 0 Å². The van der Waals surface area contributed by atoms with Crippen molar-refractivity contribution in [2.75, 3.05) is 0 Å². The molecule has 120 valence electrons. The van der Waals surface area contributed by atoms with Crippen molar-refractivity contribution >= 4 is 29.6 Å². The van der Waals surface area contributed by atoms with Gasteiger partial charge in [0, 0.05) is 0 Å². The van der Waals surface area contributed by atoms with E-state index in [0.29, 0.717) is 5.54 Å². The molecule has 0 spiro atoms. The van der Waals surface area contributed by atoms with Crippen LogP contribution in [0.5, 0.6) is 0 Å². The third kappa shape index (κ3) is 9.60. The molecule has 0 aliphatic carbocycles. The summed E-state index contributed by atoms with van der Waals surface area (Å²) in [5.74, 6) is 0. The van der Waals surface area contributed by atoms with E-state index in [1.165, 1.54) is 63.4 Å². The van der Waals surface area contributed by atoms with Crippen LogP contribution in [0.1, 0.15) is 70.3 Å². The highest BCUT2D eigenvalue weighted by Gasteiger charge is 2.19. The van der Waals surface area contributed by atoms with Crippen LogP contribution in [0.15, 0.2) is 30.3 Å². The number of rotatable bonds is 12. The molecule has 0 aromatic heterocycles. The van der Waals surface area contributed by atoms with Crippen LogP contribution in [0.25, 0.3) is 0 Å². The summed E-state index contributed by atoms with van der Waals surface area (Å²) < 4.78 is 0. The Morgan fingerprint density at radius 3 is 2.00 bits per heavy atom. The molecule has 0 radical (unpaired) electrons. The Labute approximate surface area is 142 Å². The molecule has 1 unspecified atom stereocenters. The molecule has 0 heterocycles. The highest BCUT2D eigenvalue weighted by molar-refractivity contribution is 7.34. The lowest BCUT2D eigenvalue weighted by Gasteiger charge is -2.16. The van der Waals surface area contributed by atoms with Gasteiger partial charge in [-0.1, -0.05) is 95.0 Å². The first-order valence-corrected chi connectivity index (χ1v) is 12.7. The zero-order chi connectivity index (χ0) is 15.3. The van der Waals surface area contributed by atoms with Gasteiger partial charge in [-0.05, 0) is 17.5 Å². The Bertz CT molecular complexity index is 340. The van der Waals surface area contributed by atoms with Gasteiger partial charge in [-0.15, -0.1) is 0 Å². The van der Waals surface area contributed by atoms with Crippen molar-refractivity contribution in [2.45, 2.75) is 76.7 Å². The van der Waals surface area contributed by atoms with Crippen molar-refractivity contribution < 1.29 is 0 Å². The van der Waals surface area contributed by atoms with E-state index < -0.39 is 7.42 Å². The molecule has 0 nitrogen and oxygen atoms in total.